The normalized spacial score (nSPS) is 19.0. The average molecular weight is 299 g/mol. The molecule has 0 spiro atoms. The molecule has 1 N–H and O–H groups in total. The summed E-state index contributed by atoms with van der Waals surface area (Å²) in [6.07, 6.45) is 1.79. The molecular weight excluding hydrogens is 277 g/mol. The van der Waals surface area contributed by atoms with Crippen LogP contribution >= 0.6 is 0 Å². The Balaban J connectivity index is 2.15. The quantitative estimate of drug-likeness (QED) is 0.894. The summed E-state index contributed by atoms with van der Waals surface area (Å²) in [5, 5.41) is 8.69. The van der Waals surface area contributed by atoms with E-state index in [4.69, 9.17) is 0 Å². The average Bonchev–Trinajstić information content (AvgIpc) is 2.76. The zero-order valence-electron chi connectivity index (χ0n) is 13.4. The lowest BCUT2D eigenvalue weighted by atomic mass is 9.89. The van der Waals surface area contributed by atoms with Gasteiger partial charge in [0.15, 0.2) is 5.82 Å². The van der Waals surface area contributed by atoms with Crippen molar-refractivity contribution in [1.29, 1.82) is 0 Å². The fraction of sp³-hybridized carbons (Fsp3) is 0.389. The third-order valence-electron chi connectivity index (χ3n) is 4.45. The second kappa shape index (κ2) is 5.27. The number of allylic oxidation sites excluding steroid dienone is 2. The van der Waals surface area contributed by atoms with Crippen LogP contribution in [0.15, 0.2) is 36.7 Å². The van der Waals surface area contributed by atoms with Gasteiger partial charge in [0, 0.05) is 29.7 Å². The van der Waals surface area contributed by atoms with Crippen LogP contribution in [0.5, 0.6) is 0 Å². The molecule has 1 fully saturated rings. The summed E-state index contributed by atoms with van der Waals surface area (Å²) in [4.78, 5) is 0. The third-order valence-corrected chi connectivity index (χ3v) is 4.45. The first-order chi connectivity index (χ1) is 10.4. The Hall–Kier alpha value is -2.10. The van der Waals surface area contributed by atoms with E-state index >= 15 is 0 Å². The minimum atomic E-state index is -0.160. The van der Waals surface area contributed by atoms with Gasteiger partial charge in [-0.3, -0.25) is 4.68 Å². The van der Waals surface area contributed by atoms with E-state index in [1.807, 2.05) is 26.0 Å². The molecule has 1 aliphatic heterocycles. The van der Waals surface area contributed by atoms with Crippen molar-refractivity contribution in [3.05, 3.63) is 53.8 Å². The number of hydrogen-bond acceptors (Lipinski definition) is 2. The molecule has 2 aromatic rings. The van der Waals surface area contributed by atoms with E-state index in [1.54, 1.807) is 11.7 Å². The highest BCUT2D eigenvalue weighted by atomic mass is 19.1. The van der Waals surface area contributed by atoms with E-state index in [0.29, 0.717) is 5.52 Å². The molecule has 4 heteroatoms. The predicted octanol–water partition coefficient (Wildman–Crippen LogP) is 4.33. The standard InChI is InChI=1S/C18H22FN3/c1-10(2)13-8-9-15-17(21-22(5)18(15)16(13)19)14-7-6-11(3)20-12(14)4/h8-10,14,20H,3-4,6-7H2,1-2,5H3. The maximum absolute atomic E-state index is 14.8. The van der Waals surface area contributed by atoms with Crippen LogP contribution in [0.25, 0.3) is 10.9 Å². The first-order valence-electron chi connectivity index (χ1n) is 7.68. The molecule has 1 unspecified atom stereocenters. The summed E-state index contributed by atoms with van der Waals surface area (Å²) in [7, 11) is 1.80. The van der Waals surface area contributed by atoms with Gasteiger partial charge in [-0.25, -0.2) is 4.39 Å². The number of hydrogen-bond donors (Lipinski definition) is 1. The Morgan fingerprint density at radius 3 is 2.73 bits per heavy atom. The zero-order chi connectivity index (χ0) is 16.0. The molecule has 0 radical (unpaired) electrons. The summed E-state index contributed by atoms with van der Waals surface area (Å²) < 4.78 is 16.5. The molecule has 0 saturated carbocycles. The number of nitrogens with zero attached hydrogens (tertiary/aromatic N) is 2. The van der Waals surface area contributed by atoms with Gasteiger partial charge in [0.25, 0.3) is 0 Å². The number of rotatable bonds is 2. The summed E-state index contributed by atoms with van der Waals surface area (Å²) in [5.41, 5.74) is 4.09. The summed E-state index contributed by atoms with van der Waals surface area (Å²) >= 11 is 0. The molecule has 116 valence electrons. The third kappa shape index (κ3) is 2.23. The van der Waals surface area contributed by atoms with Gasteiger partial charge in [-0.1, -0.05) is 39.1 Å². The van der Waals surface area contributed by atoms with Crippen LogP contribution in [0, 0.1) is 5.82 Å². The van der Waals surface area contributed by atoms with E-state index < -0.39 is 0 Å². The maximum atomic E-state index is 14.8. The number of halogens is 1. The molecule has 0 aliphatic carbocycles. The van der Waals surface area contributed by atoms with E-state index in [2.05, 4.69) is 23.6 Å². The maximum Gasteiger partial charge on any atom is 0.152 e. The molecule has 1 aliphatic rings. The van der Waals surface area contributed by atoms with Crippen LogP contribution in [0.3, 0.4) is 0 Å². The van der Waals surface area contributed by atoms with Gasteiger partial charge in [0.1, 0.15) is 5.52 Å². The van der Waals surface area contributed by atoms with Crippen LogP contribution in [-0.2, 0) is 7.05 Å². The van der Waals surface area contributed by atoms with Gasteiger partial charge in [0.05, 0.1) is 5.69 Å². The fourth-order valence-electron chi connectivity index (χ4n) is 3.24. The molecular formula is C18H22FN3. The molecule has 0 amide bonds. The van der Waals surface area contributed by atoms with E-state index in [1.165, 1.54) is 0 Å². The molecule has 1 aromatic heterocycles. The number of benzene rings is 1. The zero-order valence-corrected chi connectivity index (χ0v) is 13.4. The van der Waals surface area contributed by atoms with Gasteiger partial charge in [0.2, 0.25) is 0 Å². The predicted molar refractivity (Wildman–Crippen MR) is 88.2 cm³/mol. The van der Waals surface area contributed by atoms with E-state index in [9.17, 15) is 4.39 Å². The highest BCUT2D eigenvalue weighted by Gasteiger charge is 2.27. The SMILES string of the molecule is C=C1CCC(c2nn(C)c3c(F)c(C(C)C)ccc23)C(=C)N1. The molecule has 22 heavy (non-hydrogen) atoms. The molecule has 0 bridgehead atoms. The first kappa shape index (κ1) is 14.8. The Bertz CT molecular complexity index is 770. The van der Waals surface area contributed by atoms with Gasteiger partial charge >= 0.3 is 0 Å². The lowest BCUT2D eigenvalue weighted by Crippen LogP contribution is -2.23. The highest BCUT2D eigenvalue weighted by molar-refractivity contribution is 5.84. The van der Waals surface area contributed by atoms with Gasteiger partial charge < -0.3 is 5.32 Å². The number of nitrogens with one attached hydrogen (secondary N) is 1. The minimum Gasteiger partial charge on any atom is -0.363 e. The number of aryl methyl sites for hydroxylation is 1. The van der Waals surface area contributed by atoms with Gasteiger partial charge in [-0.2, -0.15) is 5.10 Å². The van der Waals surface area contributed by atoms with E-state index in [-0.39, 0.29) is 17.7 Å². The molecule has 3 nitrogen and oxygen atoms in total. The van der Waals surface area contributed by atoms with Gasteiger partial charge in [-0.15, -0.1) is 0 Å². The van der Waals surface area contributed by atoms with Crippen molar-refractivity contribution in [3.8, 4) is 0 Å². The molecule has 3 rings (SSSR count). The Morgan fingerprint density at radius 2 is 2.09 bits per heavy atom. The van der Waals surface area contributed by atoms with Crippen molar-refractivity contribution in [2.24, 2.45) is 7.05 Å². The summed E-state index contributed by atoms with van der Waals surface area (Å²) in [6.45, 7) is 12.0. The molecule has 1 atom stereocenters. The lowest BCUT2D eigenvalue weighted by Gasteiger charge is -2.26. The van der Waals surface area contributed by atoms with Crippen LogP contribution in [0.2, 0.25) is 0 Å². The highest BCUT2D eigenvalue weighted by Crippen LogP contribution is 2.37. The Kier molecular flexibility index (Phi) is 3.55. The number of aromatic nitrogens is 2. The van der Waals surface area contributed by atoms with Crippen molar-refractivity contribution < 1.29 is 4.39 Å². The van der Waals surface area contributed by atoms with Crippen LogP contribution in [0.1, 0.15) is 49.8 Å². The van der Waals surface area contributed by atoms with Gasteiger partial charge in [-0.05, 0) is 24.3 Å². The van der Waals surface area contributed by atoms with Crippen molar-refractivity contribution in [1.82, 2.24) is 15.1 Å². The smallest absolute Gasteiger partial charge is 0.152 e. The summed E-state index contributed by atoms with van der Waals surface area (Å²) in [5.74, 6) is 0.0865. The fourth-order valence-corrected chi connectivity index (χ4v) is 3.24. The first-order valence-corrected chi connectivity index (χ1v) is 7.68. The van der Waals surface area contributed by atoms with Crippen LogP contribution in [-0.4, -0.2) is 9.78 Å². The lowest BCUT2D eigenvalue weighted by molar-refractivity contribution is 0.572. The number of fused-ring (bicyclic) bond motifs is 1. The largest absolute Gasteiger partial charge is 0.363 e. The second-order valence-electron chi connectivity index (χ2n) is 6.37. The van der Waals surface area contributed by atoms with E-state index in [0.717, 1.165) is 40.9 Å². The summed E-state index contributed by atoms with van der Waals surface area (Å²) in [6, 6.07) is 3.87. The van der Waals surface area contributed by atoms with Crippen molar-refractivity contribution in [2.45, 2.75) is 38.5 Å². The monoisotopic (exact) mass is 299 g/mol. The minimum absolute atomic E-state index is 0.0958. The Morgan fingerprint density at radius 1 is 1.36 bits per heavy atom. The van der Waals surface area contributed by atoms with Crippen molar-refractivity contribution in [3.63, 3.8) is 0 Å². The van der Waals surface area contributed by atoms with Crippen LogP contribution < -0.4 is 5.32 Å². The van der Waals surface area contributed by atoms with Crippen molar-refractivity contribution >= 4 is 10.9 Å². The number of piperidine rings is 1. The topological polar surface area (TPSA) is 29.9 Å². The second-order valence-corrected chi connectivity index (χ2v) is 6.37. The molecule has 1 aromatic carbocycles. The molecule has 1 saturated heterocycles. The van der Waals surface area contributed by atoms with Crippen LogP contribution in [0.4, 0.5) is 4.39 Å². The molecule has 2 heterocycles. The Labute approximate surface area is 130 Å². The van der Waals surface area contributed by atoms with Crippen molar-refractivity contribution in [2.75, 3.05) is 0 Å².